The second-order valence-electron chi connectivity index (χ2n) is 4.89. The molecule has 0 aromatic heterocycles. The third-order valence-corrected chi connectivity index (χ3v) is 2.19. The first-order chi connectivity index (χ1) is 7.44. The van der Waals surface area contributed by atoms with Crippen LogP contribution in [-0.4, -0.2) is 29.2 Å². The fraction of sp³-hybridized carbons (Fsp3) is 0.615. The third-order valence-electron chi connectivity index (χ3n) is 2.19. The van der Waals surface area contributed by atoms with E-state index in [2.05, 4.69) is 13.0 Å². The van der Waals surface area contributed by atoms with Gasteiger partial charge in [-0.1, -0.05) is 31.2 Å². The molecule has 1 atom stereocenters. The molecule has 0 bridgehead atoms. The summed E-state index contributed by atoms with van der Waals surface area (Å²) < 4.78 is 5.34. The van der Waals surface area contributed by atoms with Crippen LogP contribution in [0.2, 0.25) is 0 Å². The average molecular weight is 223 g/mol. The Kier molecular flexibility index (Phi) is 4.16. The van der Waals surface area contributed by atoms with Crippen molar-refractivity contribution in [3.05, 3.63) is 24.3 Å². The molecule has 0 saturated carbocycles. The van der Waals surface area contributed by atoms with Gasteiger partial charge in [-0.05, 0) is 27.2 Å². The zero-order chi connectivity index (χ0) is 12.2. The van der Waals surface area contributed by atoms with Crippen LogP contribution in [0.5, 0.6) is 0 Å². The van der Waals surface area contributed by atoms with Gasteiger partial charge in [-0.2, -0.15) is 0 Å². The maximum Gasteiger partial charge on any atom is 0.411 e. The lowest BCUT2D eigenvalue weighted by Crippen LogP contribution is -2.39. The molecule has 0 aromatic rings. The SMILES string of the molecule is CC/C=C/[C@@H]1C=CCN1C(=O)OC(C)(C)C. The van der Waals surface area contributed by atoms with E-state index in [-0.39, 0.29) is 12.1 Å². The van der Waals surface area contributed by atoms with Crippen molar-refractivity contribution in [2.75, 3.05) is 6.54 Å². The lowest BCUT2D eigenvalue weighted by atomic mass is 10.2. The van der Waals surface area contributed by atoms with Crippen LogP contribution in [0.1, 0.15) is 34.1 Å². The van der Waals surface area contributed by atoms with Crippen LogP contribution >= 0.6 is 0 Å². The van der Waals surface area contributed by atoms with E-state index >= 15 is 0 Å². The normalized spacial score (nSPS) is 20.8. The monoisotopic (exact) mass is 223 g/mol. The summed E-state index contributed by atoms with van der Waals surface area (Å²) in [5, 5.41) is 0. The number of carbonyl (C=O) groups is 1. The van der Waals surface area contributed by atoms with Gasteiger partial charge in [0.15, 0.2) is 0 Å². The highest BCUT2D eigenvalue weighted by Gasteiger charge is 2.27. The molecule has 16 heavy (non-hydrogen) atoms. The molecule has 0 N–H and O–H groups in total. The molecule has 1 amide bonds. The summed E-state index contributed by atoms with van der Waals surface area (Å²) in [5.41, 5.74) is -0.432. The first kappa shape index (κ1) is 12.8. The highest BCUT2D eigenvalue weighted by molar-refractivity contribution is 5.70. The number of carbonyl (C=O) groups excluding carboxylic acids is 1. The van der Waals surface area contributed by atoms with E-state index in [0.717, 1.165) is 6.42 Å². The van der Waals surface area contributed by atoms with Gasteiger partial charge in [0, 0.05) is 6.54 Å². The van der Waals surface area contributed by atoms with Crippen molar-refractivity contribution in [2.24, 2.45) is 0 Å². The van der Waals surface area contributed by atoms with Crippen molar-refractivity contribution in [3.8, 4) is 0 Å². The van der Waals surface area contributed by atoms with Crippen molar-refractivity contribution in [3.63, 3.8) is 0 Å². The van der Waals surface area contributed by atoms with E-state index in [1.807, 2.05) is 39.0 Å². The highest BCUT2D eigenvalue weighted by atomic mass is 16.6. The zero-order valence-electron chi connectivity index (χ0n) is 10.6. The standard InChI is InChI=1S/C13H21NO2/c1-5-6-8-11-9-7-10-14(11)12(15)16-13(2,3)4/h6-9,11H,5,10H2,1-4H3/b8-6+/t11-/m1/s1. The number of nitrogens with zero attached hydrogens (tertiary/aromatic N) is 1. The molecule has 3 heteroatoms. The first-order valence-electron chi connectivity index (χ1n) is 5.77. The number of amides is 1. The Morgan fingerprint density at radius 3 is 2.81 bits per heavy atom. The van der Waals surface area contributed by atoms with Gasteiger partial charge in [-0.25, -0.2) is 4.79 Å². The second kappa shape index (κ2) is 5.19. The van der Waals surface area contributed by atoms with Gasteiger partial charge in [-0.15, -0.1) is 0 Å². The van der Waals surface area contributed by atoms with Crippen LogP contribution in [0.15, 0.2) is 24.3 Å². The molecular weight excluding hydrogens is 202 g/mol. The van der Waals surface area contributed by atoms with Crippen molar-refractivity contribution >= 4 is 6.09 Å². The maximum atomic E-state index is 11.9. The minimum Gasteiger partial charge on any atom is -0.444 e. The third kappa shape index (κ3) is 3.72. The molecule has 0 radical (unpaired) electrons. The molecule has 1 aliphatic heterocycles. The molecule has 1 rings (SSSR count). The van der Waals surface area contributed by atoms with Crippen LogP contribution in [-0.2, 0) is 4.74 Å². The Morgan fingerprint density at radius 2 is 2.25 bits per heavy atom. The summed E-state index contributed by atoms with van der Waals surface area (Å²) in [5.74, 6) is 0. The van der Waals surface area contributed by atoms with E-state index in [0.29, 0.717) is 6.54 Å². The number of hydrogen-bond donors (Lipinski definition) is 0. The molecule has 0 spiro atoms. The van der Waals surface area contributed by atoms with Crippen molar-refractivity contribution < 1.29 is 9.53 Å². The Bertz CT molecular complexity index is 300. The molecule has 1 aliphatic rings. The summed E-state index contributed by atoms with van der Waals surface area (Å²) in [6.07, 6.45) is 8.85. The molecule has 90 valence electrons. The molecule has 0 aromatic carbocycles. The fourth-order valence-corrected chi connectivity index (χ4v) is 1.50. The van der Waals surface area contributed by atoms with Crippen molar-refractivity contribution in [1.82, 2.24) is 4.90 Å². The quantitative estimate of drug-likeness (QED) is 0.673. The Labute approximate surface area is 97.8 Å². The summed E-state index contributed by atoms with van der Waals surface area (Å²) in [4.78, 5) is 13.6. The van der Waals surface area contributed by atoms with Gasteiger partial charge in [0.1, 0.15) is 5.60 Å². The molecule has 1 heterocycles. The maximum absolute atomic E-state index is 11.9. The largest absolute Gasteiger partial charge is 0.444 e. The van der Waals surface area contributed by atoms with Crippen LogP contribution in [0.25, 0.3) is 0 Å². The van der Waals surface area contributed by atoms with Gasteiger partial charge in [0.2, 0.25) is 0 Å². The molecular formula is C13H21NO2. The van der Waals surface area contributed by atoms with E-state index in [1.165, 1.54) is 0 Å². The molecule has 0 aliphatic carbocycles. The Hall–Kier alpha value is -1.25. The minimum atomic E-state index is -0.432. The molecule has 3 nitrogen and oxygen atoms in total. The average Bonchev–Trinajstić information content (AvgIpc) is 2.59. The van der Waals surface area contributed by atoms with Gasteiger partial charge >= 0.3 is 6.09 Å². The lowest BCUT2D eigenvalue weighted by Gasteiger charge is -2.27. The Balaban J connectivity index is 2.59. The number of ether oxygens (including phenoxy) is 1. The van der Waals surface area contributed by atoms with Gasteiger partial charge in [0.25, 0.3) is 0 Å². The highest BCUT2D eigenvalue weighted by Crippen LogP contribution is 2.16. The van der Waals surface area contributed by atoms with Crippen molar-refractivity contribution in [2.45, 2.75) is 45.8 Å². The molecule has 0 fully saturated rings. The summed E-state index contributed by atoms with van der Waals surface area (Å²) in [6, 6.07) is 0.0507. The second-order valence-corrected chi connectivity index (χ2v) is 4.89. The minimum absolute atomic E-state index is 0.0507. The summed E-state index contributed by atoms with van der Waals surface area (Å²) >= 11 is 0. The van der Waals surface area contributed by atoms with Gasteiger partial charge in [0.05, 0.1) is 6.04 Å². The summed E-state index contributed by atoms with van der Waals surface area (Å²) in [6.45, 7) is 8.35. The van der Waals surface area contributed by atoms with Gasteiger partial charge in [-0.3, -0.25) is 4.90 Å². The number of rotatable bonds is 2. The van der Waals surface area contributed by atoms with E-state index in [9.17, 15) is 4.79 Å². The topological polar surface area (TPSA) is 29.5 Å². The number of allylic oxidation sites excluding steroid dienone is 1. The predicted octanol–water partition coefficient (Wildman–Crippen LogP) is 3.13. The molecule has 0 unspecified atom stereocenters. The van der Waals surface area contributed by atoms with Crippen molar-refractivity contribution in [1.29, 1.82) is 0 Å². The number of hydrogen-bond acceptors (Lipinski definition) is 2. The van der Waals surface area contributed by atoms with Gasteiger partial charge < -0.3 is 4.74 Å². The van der Waals surface area contributed by atoms with Crippen LogP contribution in [0.3, 0.4) is 0 Å². The Morgan fingerprint density at radius 1 is 1.56 bits per heavy atom. The fourth-order valence-electron chi connectivity index (χ4n) is 1.50. The van der Waals surface area contributed by atoms with E-state index in [4.69, 9.17) is 4.74 Å². The smallest absolute Gasteiger partial charge is 0.411 e. The predicted molar refractivity (Wildman–Crippen MR) is 65.3 cm³/mol. The lowest BCUT2D eigenvalue weighted by molar-refractivity contribution is 0.0268. The zero-order valence-corrected chi connectivity index (χ0v) is 10.6. The van der Waals surface area contributed by atoms with E-state index in [1.54, 1.807) is 4.90 Å². The van der Waals surface area contributed by atoms with E-state index < -0.39 is 5.60 Å². The molecule has 0 saturated heterocycles. The summed E-state index contributed by atoms with van der Waals surface area (Å²) in [7, 11) is 0. The van der Waals surface area contributed by atoms with Crippen LogP contribution in [0.4, 0.5) is 4.79 Å². The first-order valence-corrected chi connectivity index (χ1v) is 5.77. The van der Waals surface area contributed by atoms with Crippen LogP contribution < -0.4 is 0 Å². The van der Waals surface area contributed by atoms with Crippen LogP contribution in [0, 0.1) is 0 Å².